The first kappa shape index (κ1) is 22.2. The maximum Gasteiger partial charge on any atom is 0.451 e. The molecule has 3 rings (SSSR count). The van der Waals surface area contributed by atoms with Crippen molar-refractivity contribution in [2.75, 3.05) is 19.8 Å². The van der Waals surface area contributed by atoms with Crippen molar-refractivity contribution >= 4 is 0 Å². The van der Waals surface area contributed by atoms with Crippen molar-refractivity contribution in [1.82, 2.24) is 0 Å². The Morgan fingerprint density at radius 3 is 2.21 bits per heavy atom. The molecule has 0 amide bonds. The van der Waals surface area contributed by atoms with Gasteiger partial charge in [0.1, 0.15) is 5.75 Å². The van der Waals surface area contributed by atoms with Gasteiger partial charge in [0, 0.05) is 24.7 Å². The van der Waals surface area contributed by atoms with Crippen LogP contribution < -0.4 is 4.74 Å². The molecule has 2 heterocycles. The fourth-order valence-corrected chi connectivity index (χ4v) is 3.64. The highest BCUT2D eigenvalue weighted by atomic mass is 19.3. The molecule has 0 radical (unpaired) electrons. The van der Waals surface area contributed by atoms with Crippen molar-refractivity contribution < 1.29 is 40.9 Å². The summed E-state index contributed by atoms with van der Waals surface area (Å²) >= 11 is 0. The van der Waals surface area contributed by atoms with Gasteiger partial charge < -0.3 is 18.9 Å². The predicted octanol–water partition coefficient (Wildman–Crippen LogP) is 5.05. The smallest absolute Gasteiger partial charge is 0.429 e. The van der Waals surface area contributed by atoms with E-state index in [1.54, 1.807) is 0 Å². The topological polar surface area (TPSA) is 36.9 Å². The Morgan fingerprint density at radius 2 is 1.66 bits per heavy atom. The number of alkyl halides is 2. The molecule has 1 aromatic carbocycles. The summed E-state index contributed by atoms with van der Waals surface area (Å²) in [5, 5.41) is 0. The van der Waals surface area contributed by atoms with E-state index in [1.807, 2.05) is 0 Å². The molecule has 0 spiro atoms. The van der Waals surface area contributed by atoms with Crippen LogP contribution in [-0.4, -0.2) is 38.3 Å². The summed E-state index contributed by atoms with van der Waals surface area (Å²) in [6, 6.07) is 0.672. The van der Waals surface area contributed by atoms with Crippen molar-refractivity contribution in [3.05, 3.63) is 29.6 Å². The molecule has 2 fully saturated rings. The molecule has 2 aliphatic heterocycles. The van der Waals surface area contributed by atoms with E-state index >= 15 is 0 Å². The van der Waals surface area contributed by atoms with Crippen LogP contribution in [0.25, 0.3) is 0 Å². The summed E-state index contributed by atoms with van der Waals surface area (Å²) in [6.07, 6.45) is -0.925. The SMILES string of the molecule is CCCCC1CCC(C2COC(C(F)(F)Oc3cc(F)c(F)c(F)c3)OC2)OC1. The van der Waals surface area contributed by atoms with Crippen molar-refractivity contribution in [3.63, 3.8) is 0 Å². The van der Waals surface area contributed by atoms with Gasteiger partial charge in [0.15, 0.2) is 17.5 Å². The van der Waals surface area contributed by atoms with Gasteiger partial charge in [-0.25, -0.2) is 13.2 Å². The Balaban J connectivity index is 1.49. The maximum absolute atomic E-state index is 14.3. The molecule has 2 saturated heterocycles. The molecule has 164 valence electrons. The van der Waals surface area contributed by atoms with E-state index in [1.165, 1.54) is 0 Å². The fourth-order valence-electron chi connectivity index (χ4n) is 3.64. The van der Waals surface area contributed by atoms with Crippen LogP contribution in [0.2, 0.25) is 0 Å². The van der Waals surface area contributed by atoms with E-state index in [4.69, 9.17) is 14.2 Å². The summed E-state index contributed by atoms with van der Waals surface area (Å²) in [7, 11) is 0. The Hall–Kier alpha value is -1.45. The molecule has 4 nitrogen and oxygen atoms in total. The summed E-state index contributed by atoms with van der Waals surface area (Å²) in [5.41, 5.74) is 0. The molecule has 0 saturated carbocycles. The third kappa shape index (κ3) is 5.58. The van der Waals surface area contributed by atoms with Crippen molar-refractivity contribution in [3.8, 4) is 5.75 Å². The average molecular weight is 424 g/mol. The number of hydrogen-bond acceptors (Lipinski definition) is 4. The number of unbranched alkanes of at least 4 members (excludes halogenated alkanes) is 1. The van der Waals surface area contributed by atoms with Crippen LogP contribution in [0.3, 0.4) is 0 Å². The second-order valence-corrected chi connectivity index (χ2v) is 7.58. The molecule has 2 unspecified atom stereocenters. The van der Waals surface area contributed by atoms with E-state index in [-0.39, 0.29) is 25.2 Å². The summed E-state index contributed by atoms with van der Waals surface area (Å²) in [6.45, 7) is 2.76. The van der Waals surface area contributed by atoms with Gasteiger partial charge >= 0.3 is 6.11 Å². The predicted molar refractivity (Wildman–Crippen MR) is 93.1 cm³/mol. The Bertz CT molecular complexity index is 648. The highest BCUT2D eigenvalue weighted by molar-refractivity contribution is 5.25. The number of halogens is 5. The third-order valence-electron chi connectivity index (χ3n) is 5.31. The molecular weight excluding hydrogens is 399 g/mol. The van der Waals surface area contributed by atoms with Crippen LogP contribution in [0.4, 0.5) is 22.0 Å². The molecule has 1 aromatic rings. The first-order valence-corrected chi connectivity index (χ1v) is 9.86. The number of benzene rings is 1. The first-order chi connectivity index (χ1) is 13.8. The van der Waals surface area contributed by atoms with E-state index in [2.05, 4.69) is 11.7 Å². The molecule has 0 aromatic heterocycles. The van der Waals surface area contributed by atoms with Crippen molar-refractivity contribution in [2.45, 2.75) is 57.5 Å². The van der Waals surface area contributed by atoms with Crippen LogP contribution in [0.1, 0.15) is 39.0 Å². The zero-order chi connectivity index (χ0) is 21.0. The lowest BCUT2D eigenvalue weighted by Gasteiger charge is -2.39. The molecular formula is C20H25F5O4. The Kier molecular flexibility index (Phi) is 7.34. The Morgan fingerprint density at radius 1 is 1.00 bits per heavy atom. The molecule has 29 heavy (non-hydrogen) atoms. The normalized spacial score (nSPS) is 28.3. The van der Waals surface area contributed by atoms with Gasteiger partial charge in [0.05, 0.1) is 19.3 Å². The van der Waals surface area contributed by atoms with Crippen LogP contribution >= 0.6 is 0 Å². The van der Waals surface area contributed by atoms with Gasteiger partial charge in [-0.3, -0.25) is 0 Å². The molecule has 0 N–H and O–H groups in total. The maximum atomic E-state index is 14.3. The van der Waals surface area contributed by atoms with Gasteiger partial charge in [-0.05, 0) is 25.2 Å². The number of ether oxygens (including phenoxy) is 4. The van der Waals surface area contributed by atoms with Crippen LogP contribution in [0.5, 0.6) is 5.75 Å². The monoisotopic (exact) mass is 424 g/mol. The lowest BCUT2D eigenvalue weighted by Crippen LogP contribution is -2.50. The van der Waals surface area contributed by atoms with Crippen molar-refractivity contribution in [1.29, 1.82) is 0 Å². The lowest BCUT2D eigenvalue weighted by molar-refractivity contribution is -0.356. The van der Waals surface area contributed by atoms with E-state index in [0.29, 0.717) is 24.7 Å². The summed E-state index contributed by atoms with van der Waals surface area (Å²) in [4.78, 5) is 0. The standard InChI is InChI=1S/C20H25F5O4/c1-2-3-4-12-5-6-17(26-9-12)13-10-27-19(28-11-13)20(24,25)29-14-7-15(21)18(23)16(22)8-14/h7-8,12-13,17,19H,2-6,9-11H2,1H3. The van der Waals surface area contributed by atoms with E-state index < -0.39 is 35.6 Å². The second-order valence-electron chi connectivity index (χ2n) is 7.58. The highest BCUT2D eigenvalue weighted by Crippen LogP contribution is 2.34. The molecule has 2 atom stereocenters. The van der Waals surface area contributed by atoms with Gasteiger partial charge in [0.25, 0.3) is 6.29 Å². The van der Waals surface area contributed by atoms with Crippen LogP contribution in [0.15, 0.2) is 12.1 Å². The lowest BCUT2D eigenvalue weighted by atomic mass is 9.89. The van der Waals surface area contributed by atoms with Gasteiger partial charge in [-0.15, -0.1) is 0 Å². The van der Waals surface area contributed by atoms with Gasteiger partial charge in [-0.1, -0.05) is 19.8 Å². The Labute approximate surface area is 166 Å². The molecule has 2 aliphatic rings. The van der Waals surface area contributed by atoms with Crippen LogP contribution in [-0.2, 0) is 14.2 Å². The minimum absolute atomic E-state index is 0.0138. The summed E-state index contributed by atoms with van der Waals surface area (Å²) < 4.78 is 88.3. The first-order valence-electron chi connectivity index (χ1n) is 9.86. The van der Waals surface area contributed by atoms with E-state index in [0.717, 1.165) is 32.1 Å². The largest absolute Gasteiger partial charge is 0.451 e. The van der Waals surface area contributed by atoms with Crippen LogP contribution in [0, 0.1) is 29.3 Å². The quantitative estimate of drug-likeness (QED) is 0.454. The second kappa shape index (κ2) is 9.57. The minimum atomic E-state index is -4.01. The fraction of sp³-hybridized carbons (Fsp3) is 0.700. The molecule has 0 aliphatic carbocycles. The van der Waals surface area contributed by atoms with Gasteiger partial charge in [-0.2, -0.15) is 8.78 Å². The highest BCUT2D eigenvalue weighted by Gasteiger charge is 2.48. The zero-order valence-electron chi connectivity index (χ0n) is 16.1. The number of rotatable bonds is 7. The minimum Gasteiger partial charge on any atom is -0.429 e. The molecule has 9 heteroatoms. The van der Waals surface area contributed by atoms with E-state index in [9.17, 15) is 22.0 Å². The summed E-state index contributed by atoms with van der Waals surface area (Å²) in [5.74, 6) is -5.55. The zero-order valence-corrected chi connectivity index (χ0v) is 16.1. The average Bonchev–Trinajstić information content (AvgIpc) is 2.70. The third-order valence-corrected chi connectivity index (χ3v) is 5.31. The molecule has 0 bridgehead atoms. The van der Waals surface area contributed by atoms with Crippen molar-refractivity contribution in [2.24, 2.45) is 11.8 Å². The number of hydrogen-bond donors (Lipinski definition) is 0. The van der Waals surface area contributed by atoms with Gasteiger partial charge in [0.2, 0.25) is 0 Å².